The van der Waals surface area contributed by atoms with Crippen molar-refractivity contribution in [1.82, 2.24) is 19.6 Å². The molecule has 13 heteroatoms. The maximum atomic E-state index is 14.1. The number of para-hydroxylation sites is 1. The first-order chi connectivity index (χ1) is 24.5. The Morgan fingerprint density at radius 1 is 0.824 bits per heavy atom. The maximum absolute atomic E-state index is 14.1. The van der Waals surface area contributed by atoms with Crippen molar-refractivity contribution in [2.24, 2.45) is 11.8 Å². The Morgan fingerprint density at radius 3 is 2.00 bits per heavy atom. The van der Waals surface area contributed by atoms with E-state index >= 15 is 0 Å². The van der Waals surface area contributed by atoms with Gasteiger partial charge in [0, 0.05) is 64.0 Å². The average Bonchev–Trinajstić information content (AvgIpc) is 3.31. The van der Waals surface area contributed by atoms with Gasteiger partial charge in [0.2, 0.25) is 0 Å². The number of amides is 5. The van der Waals surface area contributed by atoms with Crippen LogP contribution in [0.5, 0.6) is 5.75 Å². The molecule has 274 valence electrons. The normalized spacial score (nSPS) is 19.9. The molecule has 4 aliphatic heterocycles. The number of piperidine rings is 3. The fraction of sp³-hybridized carbons (Fsp3) is 0.553. The molecular weight excluding hydrogens is 654 g/mol. The van der Waals surface area contributed by atoms with Crippen LogP contribution >= 0.6 is 0 Å². The van der Waals surface area contributed by atoms with Gasteiger partial charge in [0.15, 0.2) is 6.10 Å². The number of nitrogens with one attached hydrogen (secondary N) is 1. The van der Waals surface area contributed by atoms with Gasteiger partial charge in [-0.2, -0.15) is 0 Å². The number of anilines is 1. The van der Waals surface area contributed by atoms with Gasteiger partial charge < -0.3 is 39.9 Å². The zero-order chi connectivity index (χ0) is 36.2. The van der Waals surface area contributed by atoms with Crippen molar-refractivity contribution in [2.75, 3.05) is 51.1 Å². The summed E-state index contributed by atoms with van der Waals surface area (Å²) in [5.41, 5.74) is 4.09. The zero-order valence-electron chi connectivity index (χ0n) is 29.5. The second-order valence-corrected chi connectivity index (χ2v) is 14.5. The van der Waals surface area contributed by atoms with E-state index in [2.05, 4.69) is 5.32 Å². The Bertz CT molecular complexity index is 1620. The lowest BCUT2D eigenvalue weighted by Crippen LogP contribution is -2.52. The topological polar surface area (TPSA) is 160 Å². The fourth-order valence-corrected chi connectivity index (χ4v) is 8.36. The minimum absolute atomic E-state index is 0.0186. The molecule has 0 aromatic heterocycles. The number of fused-ring (bicyclic) bond motifs is 1. The number of ether oxygens (including phenoxy) is 1. The van der Waals surface area contributed by atoms with Gasteiger partial charge in [0.25, 0.3) is 5.91 Å². The van der Waals surface area contributed by atoms with E-state index in [-0.39, 0.29) is 30.2 Å². The molecule has 13 nitrogen and oxygen atoms in total. The van der Waals surface area contributed by atoms with E-state index in [1.807, 2.05) is 41.3 Å². The van der Waals surface area contributed by atoms with E-state index < -0.39 is 24.1 Å². The Morgan fingerprint density at radius 2 is 1.39 bits per heavy atom. The number of carboxylic acids is 1. The highest BCUT2D eigenvalue weighted by Crippen LogP contribution is 2.33. The van der Waals surface area contributed by atoms with Gasteiger partial charge in [0.05, 0.1) is 0 Å². The number of carbonyl (C=O) groups excluding carboxylic acids is 4. The van der Waals surface area contributed by atoms with Crippen LogP contribution in [0.15, 0.2) is 36.4 Å². The molecular formula is C38H49N5O8. The van der Waals surface area contributed by atoms with Gasteiger partial charge in [-0.3, -0.25) is 9.59 Å². The number of aliphatic carboxylic acids is 1. The third-order valence-corrected chi connectivity index (χ3v) is 11.3. The number of rotatable bonds is 6. The first-order valence-corrected chi connectivity index (χ1v) is 18.2. The van der Waals surface area contributed by atoms with E-state index in [4.69, 9.17) is 9.84 Å². The number of hydrogen-bond donors (Lipinski definition) is 3. The van der Waals surface area contributed by atoms with Crippen molar-refractivity contribution < 1.29 is 38.9 Å². The number of nitrogens with zero attached hydrogens (tertiary/aromatic N) is 4. The lowest BCUT2D eigenvalue weighted by Gasteiger charge is -2.41. The summed E-state index contributed by atoms with van der Waals surface area (Å²) in [5, 5.41) is 22.4. The highest BCUT2D eigenvalue weighted by molar-refractivity contribution is 6.31. The Balaban J connectivity index is 1.06. The van der Waals surface area contributed by atoms with Crippen LogP contribution in [0.3, 0.4) is 0 Å². The number of likely N-dealkylation sites (tertiary alicyclic amines) is 3. The van der Waals surface area contributed by atoms with Crippen LogP contribution in [0, 0.1) is 25.7 Å². The number of carboxylic acid groups (broad SMARTS) is 1. The molecule has 0 saturated carbocycles. The predicted molar refractivity (Wildman–Crippen MR) is 188 cm³/mol. The van der Waals surface area contributed by atoms with Crippen LogP contribution in [0.25, 0.3) is 0 Å². The molecule has 0 unspecified atom stereocenters. The minimum Gasteiger partial charge on any atom is -0.507 e. The molecule has 0 aliphatic carbocycles. The first-order valence-electron chi connectivity index (χ1n) is 18.2. The summed E-state index contributed by atoms with van der Waals surface area (Å²) >= 11 is 0. The standard InChI is InChI=1S/C38H49N5O8/c1-24-21-26(22-25(2)33(24)44)23-32(34(45)40-14-7-27(8-15-40)28-9-16-41(17-10-28)35(46)36(47)48)51-38(50)42-18-12-30(13-19-42)43-20-11-29-5-3-4-6-31(29)39-37(43)49/h3-6,21-22,27-28,30,32,44H,7-20,23H2,1-2H3,(H,39,49)(H,47,48)/t32-/m1/s1. The summed E-state index contributed by atoms with van der Waals surface area (Å²) in [4.78, 5) is 70.4. The molecule has 4 aliphatic rings. The van der Waals surface area contributed by atoms with E-state index in [0.29, 0.717) is 81.6 Å². The number of carbonyl (C=O) groups is 5. The highest BCUT2D eigenvalue weighted by Gasteiger charge is 2.37. The molecule has 0 radical (unpaired) electrons. The van der Waals surface area contributed by atoms with Crippen molar-refractivity contribution in [3.8, 4) is 5.75 Å². The maximum Gasteiger partial charge on any atom is 0.410 e. The second kappa shape index (κ2) is 15.6. The van der Waals surface area contributed by atoms with Gasteiger partial charge in [0.1, 0.15) is 5.75 Å². The summed E-state index contributed by atoms with van der Waals surface area (Å²) < 4.78 is 6.03. The molecule has 3 N–H and O–H groups in total. The molecule has 6 rings (SSSR count). The number of phenols is 1. The summed E-state index contributed by atoms with van der Waals surface area (Å²) in [6.45, 7) is 6.90. The van der Waals surface area contributed by atoms with Gasteiger partial charge >= 0.3 is 24.0 Å². The van der Waals surface area contributed by atoms with Gasteiger partial charge in [-0.05, 0) is 98.9 Å². The minimum atomic E-state index is -1.42. The molecule has 0 spiro atoms. The number of aromatic hydroxyl groups is 1. The number of hydrogen-bond acceptors (Lipinski definition) is 7. The fourth-order valence-electron chi connectivity index (χ4n) is 8.36. The number of urea groups is 1. The molecule has 2 aromatic rings. The SMILES string of the molecule is Cc1cc(C[C@@H](OC(=O)N2CCC(N3CCc4ccccc4NC3=O)CC2)C(=O)N2CCC(C3CCN(C(=O)C(=O)O)CC3)CC2)cc(C)c1O. The zero-order valence-corrected chi connectivity index (χ0v) is 29.5. The summed E-state index contributed by atoms with van der Waals surface area (Å²) in [5.74, 6) is -1.61. The smallest absolute Gasteiger partial charge is 0.410 e. The molecule has 1 atom stereocenters. The molecule has 5 amide bonds. The van der Waals surface area contributed by atoms with Crippen LogP contribution in [-0.2, 0) is 32.0 Å². The van der Waals surface area contributed by atoms with E-state index in [1.165, 1.54) is 4.90 Å². The van der Waals surface area contributed by atoms with Gasteiger partial charge in [-0.15, -0.1) is 0 Å². The Hall–Kier alpha value is -4.81. The number of phenolic OH excluding ortho intramolecular Hbond substituents is 1. The van der Waals surface area contributed by atoms with Crippen LogP contribution in [0.1, 0.15) is 60.8 Å². The monoisotopic (exact) mass is 703 g/mol. The molecule has 51 heavy (non-hydrogen) atoms. The molecule has 3 fully saturated rings. The predicted octanol–water partition coefficient (Wildman–Crippen LogP) is 4.17. The Kier molecular flexibility index (Phi) is 11.0. The van der Waals surface area contributed by atoms with Crippen molar-refractivity contribution in [1.29, 1.82) is 0 Å². The van der Waals surface area contributed by atoms with E-state index in [0.717, 1.165) is 48.9 Å². The van der Waals surface area contributed by atoms with Crippen LogP contribution in [0.4, 0.5) is 15.3 Å². The van der Waals surface area contributed by atoms with Crippen molar-refractivity contribution >= 4 is 35.6 Å². The summed E-state index contributed by atoms with van der Waals surface area (Å²) in [7, 11) is 0. The van der Waals surface area contributed by atoms with Crippen molar-refractivity contribution in [2.45, 2.75) is 77.4 Å². The third kappa shape index (κ3) is 8.23. The Labute approximate surface area is 298 Å². The van der Waals surface area contributed by atoms with E-state index in [9.17, 15) is 29.1 Å². The highest BCUT2D eigenvalue weighted by atomic mass is 16.6. The largest absolute Gasteiger partial charge is 0.507 e. The quantitative estimate of drug-likeness (QED) is 0.378. The van der Waals surface area contributed by atoms with E-state index in [1.54, 1.807) is 23.6 Å². The second-order valence-electron chi connectivity index (χ2n) is 14.5. The summed E-state index contributed by atoms with van der Waals surface area (Å²) in [6.07, 6.45) is 3.58. The lowest BCUT2D eigenvalue weighted by molar-refractivity contribution is -0.156. The number of benzene rings is 2. The van der Waals surface area contributed by atoms with Gasteiger partial charge in [-0.25, -0.2) is 14.4 Å². The lowest BCUT2D eigenvalue weighted by atomic mass is 9.78. The first kappa shape index (κ1) is 36.0. The van der Waals surface area contributed by atoms with Crippen molar-refractivity contribution in [3.63, 3.8) is 0 Å². The number of aryl methyl sites for hydroxylation is 2. The van der Waals surface area contributed by atoms with Crippen LogP contribution in [-0.4, -0.2) is 118 Å². The molecule has 0 bridgehead atoms. The molecule has 2 aromatic carbocycles. The van der Waals surface area contributed by atoms with Crippen molar-refractivity contribution in [3.05, 3.63) is 58.7 Å². The molecule has 3 saturated heterocycles. The molecule has 4 heterocycles. The van der Waals surface area contributed by atoms with Crippen LogP contribution in [0.2, 0.25) is 0 Å². The third-order valence-electron chi connectivity index (χ3n) is 11.3. The van der Waals surface area contributed by atoms with Gasteiger partial charge in [-0.1, -0.05) is 30.3 Å². The summed E-state index contributed by atoms with van der Waals surface area (Å²) in [6, 6.07) is 11.3. The average molecular weight is 704 g/mol. The van der Waals surface area contributed by atoms with Crippen LogP contribution < -0.4 is 5.32 Å².